The second kappa shape index (κ2) is 6.19. The van der Waals surface area contributed by atoms with Crippen molar-refractivity contribution in [3.63, 3.8) is 0 Å². The van der Waals surface area contributed by atoms with E-state index in [0.717, 1.165) is 46.0 Å². The molecule has 0 saturated heterocycles. The molecule has 1 heterocycles. The molecule has 3 aromatic rings. The van der Waals surface area contributed by atoms with Gasteiger partial charge in [-0.05, 0) is 35.3 Å². The maximum Gasteiger partial charge on any atom is 0.250 e. The summed E-state index contributed by atoms with van der Waals surface area (Å²) in [5, 5.41) is 0.802. The number of fused-ring (bicyclic) bond motifs is 3. The Kier molecular flexibility index (Phi) is 3.68. The summed E-state index contributed by atoms with van der Waals surface area (Å²) in [7, 11) is 0. The van der Waals surface area contributed by atoms with Crippen LogP contribution in [0.4, 0.5) is 5.95 Å². The minimum Gasteiger partial charge on any atom is -0.219 e. The van der Waals surface area contributed by atoms with E-state index < -0.39 is 0 Å². The predicted octanol–water partition coefficient (Wildman–Crippen LogP) is 5.52. The first-order valence-corrected chi connectivity index (χ1v) is 9.11. The third-order valence-corrected chi connectivity index (χ3v) is 5.37. The third-order valence-electron chi connectivity index (χ3n) is 5.03. The molecule has 0 N–H and O–H groups in total. The number of allylic oxidation sites excluding steroid dienone is 2. The van der Waals surface area contributed by atoms with Crippen LogP contribution in [-0.4, -0.2) is 15.7 Å². The van der Waals surface area contributed by atoms with Crippen molar-refractivity contribution in [2.45, 2.75) is 18.8 Å². The zero-order valence-electron chi connectivity index (χ0n) is 14.1. The van der Waals surface area contributed by atoms with Gasteiger partial charge in [0.1, 0.15) is 0 Å². The van der Waals surface area contributed by atoms with Crippen LogP contribution in [0.15, 0.2) is 71.9 Å². The fourth-order valence-corrected chi connectivity index (χ4v) is 3.92. The highest BCUT2D eigenvalue weighted by Crippen LogP contribution is 2.43. The zero-order valence-corrected chi connectivity index (χ0v) is 14.8. The minimum absolute atomic E-state index is 0.211. The lowest BCUT2D eigenvalue weighted by Crippen LogP contribution is -2.14. The van der Waals surface area contributed by atoms with Crippen molar-refractivity contribution in [1.29, 1.82) is 0 Å². The van der Waals surface area contributed by atoms with Crippen molar-refractivity contribution in [3.8, 4) is 11.3 Å². The molecule has 2 aromatic carbocycles. The molecule has 3 nitrogen and oxygen atoms in total. The van der Waals surface area contributed by atoms with Crippen LogP contribution in [0.1, 0.15) is 29.0 Å². The van der Waals surface area contributed by atoms with Crippen molar-refractivity contribution in [3.05, 3.63) is 88.6 Å². The molecular formula is C22H16ClN3. The van der Waals surface area contributed by atoms with E-state index in [-0.39, 0.29) is 5.92 Å². The lowest BCUT2D eigenvalue weighted by molar-refractivity contribution is 0.782. The van der Waals surface area contributed by atoms with E-state index in [1.54, 1.807) is 0 Å². The SMILES string of the molecule is Clc1ccccc1C1Cc2cnc(N=C3C=CC3)nc2-c2ccccc21. The average Bonchev–Trinajstić information content (AvgIpc) is 2.65. The number of hydrogen-bond donors (Lipinski definition) is 0. The van der Waals surface area contributed by atoms with Gasteiger partial charge in [0.25, 0.3) is 0 Å². The molecule has 5 rings (SSSR count). The monoisotopic (exact) mass is 357 g/mol. The van der Waals surface area contributed by atoms with Gasteiger partial charge in [-0.15, -0.1) is 0 Å². The van der Waals surface area contributed by atoms with Gasteiger partial charge in [0.15, 0.2) is 0 Å². The molecule has 0 radical (unpaired) electrons. The van der Waals surface area contributed by atoms with E-state index in [2.05, 4.69) is 46.4 Å². The van der Waals surface area contributed by atoms with Gasteiger partial charge in [0, 0.05) is 34.8 Å². The van der Waals surface area contributed by atoms with E-state index >= 15 is 0 Å². The molecule has 26 heavy (non-hydrogen) atoms. The summed E-state index contributed by atoms with van der Waals surface area (Å²) in [6.07, 6.45) is 7.74. The minimum atomic E-state index is 0.211. The Morgan fingerprint density at radius 2 is 1.77 bits per heavy atom. The lowest BCUT2D eigenvalue weighted by atomic mass is 9.78. The Morgan fingerprint density at radius 3 is 2.54 bits per heavy atom. The number of nitrogens with zero attached hydrogens (tertiary/aromatic N) is 3. The summed E-state index contributed by atoms with van der Waals surface area (Å²) in [6, 6.07) is 16.5. The number of halogens is 1. The molecule has 1 aromatic heterocycles. The first kappa shape index (κ1) is 15.5. The van der Waals surface area contributed by atoms with Crippen LogP contribution in [0.3, 0.4) is 0 Å². The number of benzene rings is 2. The van der Waals surface area contributed by atoms with Gasteiger partial charge < -0.3 is 0 Å². The van der Waals surface area contributed by atoms with Crippen molar-refractivity contribution in [2.75, 3.05) is 0 Å². The topological polar surface area (TPSA) is 38.1 Å². The highest BCUT2D eigenvalue weighted by Gasteiger charge is 2.28. The number of hydrogen-bond acceptors (Lipinski definition) is 3. The summed E-state index contributed by atoms with van der Waals surface area (Å²) in [4.78, 5) is 13.8. The molecule has 0 bridgehead atoms. The highest BCUT2D eigenvalue weighted by atomic mass is 35.5. The van der Waals surface area contributed by atoms with Crippen LogP contribution in [0.5, 0.6) is 0 Å². The van der Waals surface area contributed by atoms with Crippen LogP contribution in [-0.2, 0) is 6.42 Å². The van der Waals surface area contributed by atoms with Crippen molar-refractivity contribution >= 4 is 23.3 Å². The fourth-order valence-electron chi connectivity index (χ4n) is 3.65. The summed E-state index contributed by atoms with van der Waals surface area (Å²) < 4.78 is 0. The molecule has 2 aliphatic carbocycles. The van der Waals surface area contributed by atoms with Gasteiger partial charge in [-0.2, -0.15) is 0 Å². The van der Waals surface area contributed by atoms with Gasteiger partial charge in [-0.1, -0.05) is 60.1 Å². The Balaban J connectivity index is 1.65. The van der Waals surface area contributed by atoms with Gasteiger partial charge in [0.05, 0.1) is 5.69 Å². The maximum atomic E-state index is 6.50. The molecule has 0 amide bonds. The van der Waals surface area contributed by atoms with E-state index in [4.69, 9.17) is 16.6 Å². The van der Waals surface area contributed by atoms with E-state index in [1.807, 2.05) is 30.5 Å². The van der Waals surface area contributed by atoms with Crippen LogP contribution >= 0.6 is 11.6 Å². The second-order valence-electron chi connectivity index (χ2n) is 6.62. The van der Waals surface area contributed by atoms with Crippen molar-refractivity contribution in [1.82, 2.24) is 9.97 Å². The Labute approximate surface area is 157 Å². The third kappa shape index (κ3) is 2.56. The van der Waals surface area contributed by atoms with Crippen LogP contribution < -0.4 is 0 Å². The first-order valence-electron chi connectivity index (χ1n) is 8.73. The molecule has 0 aliphatic heterocycles. The average molecular weight is 358 g/mol. The second-order valence-corrected chi connectivity index (χ2v) is 7.03. The smallest absolute Gasteiger partial charge is 0.219 e. The summed E-state index contributed by atoms with van der Waals surface area (Å²) in [6.45, 7) is 0. The van der Waals surface area contributed by atoms with Gasteiger partial charge >= 0.3 is 0 Å². The quantitative estimate of drug-likeness (QED) is 0.605. The summed E-state index contributed by atoms with van der Waals surface area (Å²) >= 11 is 6.50. The fraction of sp³-hybridized carbons (Fsp3) is 0.136. The molecule has 1 atom stereocenters. The first-order chi connectivity index (χ1) is 12.8. The molecule has 2 aliphatic rings. The highest BCUT2D eigenvalue weighted by molar-refractivity contribution is 6.31. The normalized spacial score (nSPS) is 19.0. The predicted molar refractivity (Wildman–Crippen MR) is 105 cm³/mol. The van der Waals surface area contributed by atoms with E-state index in [9.17, 15) is 0 Å². The van der Waals surface area contributed by atoms with Crippen LogP contribution in [0, 0.1) is 0 Å². The van der Waals surface area contributed by atoms with Gasteiger partial charge in [-0.3, -0.25) is 0 Å². The molecule has 0 spiro atoms. The van der Waals surface area contributed by atoms with Gasteiger partial charge in [-0.25, -0.2) is 15.0 Å². The molecule has 4 heteroatoms. The summed E-state index contributed by atoms with van der Waals surface area (Å²) in [5.74, 6) is 0.747. The van der Waals surface area contributed by atoms with Crippen LogP contribution in [0.2, 0.25) is 5.02 Å². The lowest BCUT2D eigenvalue weighted by Gasteiger charge is -2.28. The molecule has 126 valence electrons. The van der Waals surface area contributed by atoms with E-state index in [0.29, 0.717) is 5.95 Å². The zero-order chi connectivity index (χ0) is 17.5. The van der Waals surface area contributed by atoms with Crippen molar-refractivity contribution < 1.29 is 0 Å². The Bertz CT molecular complexity index is 1070. The van der Waals surface area contributed by atoms with Crippen LogP contribution in [0.25, 0.3) is 11.3 Å². The molecule has 0 fully saturated rings. The number of aliphatic imine (C=N–C) groups is 1. The molecular weight excluding hydrogens is 342 g/mol. The largest absolute Gasteiger partial charge is 0.250 e. The van der Waals surface area contributed by atoms with Gasteiger partial charge in [0.2, 0.25) is 5.95 Å². The molecule has 1 unspecified atom stereocenters. The number of aromatic nitrogens is 2. The maximum absolute atomic E-state index is 6.50. The summed E-state index contributed by atoms with van der Waals surface area (Å²) in [5.41, 5.74) is 6.71. The van der Waals surface area contributed by atoms with Crippen molar-refractivity contribution in [2.24, 2.45) is 4.99 Å². The van der Waals surface area contributed by atoms with E-state index in [1.165, 1.54) is 5.56 Å². The Hall–Kier alpha value is -2.78. The molecule has 0 saturated carbocycles. The number of rotatable bonds is 2. The standard InChI is InChI=1S/C22H16ClN3/c23-20-11-4-3-9-17(20)19-12-14-13-24-22(25-15-6-5-7-15)26-21(14)18-10-2-1-8-16(18)19/h1-6,8-11,13,19H,7,12H2. The Morgan fingerprint density at radius 1 is 1.00 bits per heavy atom.